The van der Waals surface area contributed by atoms with E-state index >= 15 is 0 Å². The van der Waals surface area contributed by atoms with Crippen LogP contribution in [0.2, 0.25) is 0 Å². The van der Waals surface area contributed by atoms with Crippen LogP contribution in [-0.2, 0) is 0 Å². The van der Waals surface area contributed by atoms with E-state index in [2.05, 4.69) is 30.3 Å². The average Bonchev–Trinajstić information content (AvgIpc) is 2.71. The molecular formula is C12H14O. The third-order valence-corrected chi connectivity index (χ3v) is 3.71. The van der Waals surface area contributed by atoms with Crippen molar-refractivity contribution in [1.29, 1.82) is 0 Å². The van der Waals surface area contributed by atoms with Crippen LogP contribution in [0, 0.1) is 5.92 Å². The van der Waals surface area contributed by atoms with Gasteiger partial charge in [0.05, 0.1) is 5.60 Å². The Bertz CT molecular complexity index is 319. The van der Waals surface area contributed by atoms with E-state index in [0.717, 1.165) is 12.8 Å². The van der Waals surface area contributed by atoms with Gasteiger partial charge in [0.15, 0.2) is 0 Å². The van der Waals surface area contributed by atoms with Gasteiger partial charge in [-0.15, -0.1) is 0 Å². The summed E-state index contributed by atoms with van der Waals surface area (Å²) in [6.45, 7) is 0. The number of fused-ring (bicyclic) bond motifs is 1. The number of hydrogen-bond acceptors (Lipinski definition) is 1. The summed E-state index contributed by atoms with van der Waals surface area (Å²) < 4.78 is 0. The van der Waals surface area contributed by atoms with Crippen LogP contribution in [0.3, 0.4) is 0 Å². The minimum absolute atomic E-state index is 0.263. The summed E-state index contributed by atoms with van der Waals surface area (Å²) in [5.41, 5.74) is 1.15. The highest BCUT2D eigenvalue weighted by atomic mass is 16.3. The van der Waals surface area contributed by atoms with Gasteiger partial charge in [-0.25, -0.2) is 0 Å². The lowest BCUT2D eigenvalue weighted by atomic mass is 9.94. The molecule has 0 saturated heterocycles. The predicted molar refractivity (Wildman–Crippen MR) is 51.5 cm³/mol. The van der Waals surface area contributed by atoms with Crippen molar-refractivity contribution >= 4 is 0 Å². The van der Waals surface area contributed by atoms with Crippen LogP contribution in [0.1, 0.15) is 30.7 Å². The second-order valence-corrected chi connectivity index (χ2v) is 4.47. The SMILES string of the molecule is O[C@]12CCC(c3ccccc3)[C@H]1C2. The Balaban J connectivity index is 1.89. The van der Waals surface area contributed by atoms with Crippen LogP contribution in [0.4, 0.5) is 0 Å². The molecule has 0 heterocycles. The monoisotopic (exact) mass is 174 g/mol. The molecule has 1 aromatic carbocycles. The molecule has 68 valence electrons. The minimum Gasteiger partial charge on any atom is -0.390 e. The largest absolute Gasteiger partial charge is 0.390 e. The highest BCUT2D eigenvalue weighted by Crippen LogP contribution is 2.62. The van der Waals surface area contributed by atoms with Crippen molar-refractivity contribution in [2.24, 2.45) is 5.92 Å². The van der Waals surface area contributed by atoms with E-state index in [4.69, 9.17) is 0 Å². The van der Waals surface area contributed by atoms with Crippen molar-refractivity contribution in [2.45, 2.75) is 30.8 Å². The van der Waals surface area contributed by atoms with Crippen LogP contribution in [0.5, 0.6) is 0 Å². The van der Waals surface area contributed by atoms with Gasteiger partial charge in [0.25, 0.3) is 0 Å². The van der Waals surface area contributed by atoms with Gasteiger partial charge in [-0.05, 0) is 36.7 Å². The Morgan fingerprint density at radius 3 is 2.54 bits per heavy atom. The standard InChI is InChI=1S/C12H14O/c13-12-7-6-10(11(12)8-12)9-4-2-1-3-5-9/h1-5,10-11,13H,6-8H2/t10?,11-,12+/m1/s1. The third-order valence-electron chi connectivity index (χ3n) is 3.71. The smallest absolute Gasteiger partial charge is 0.0686 e. The van der Waals surface area contributed by atoms with Gasteiger partial charge in [0.2, 0.25) is 0 Å². The van der Waals surface area contributed by atoms with Crippen molar-refractivity contribution in [3.63, 3.8) is 0 Å². The summed E-state index contributed by atoms with van der Waals surface area (Å²) in [4.78, 5) is 0. The maximum Gasteiger partial charge on any atom is 0.0686 e. The number of hydrogen-bond donors (Lipinski definition) is 1. The van der Waals surface area contributed by atoms with Crippen molar-refractivity contribution in [1.82, 2.24) is 0 Å². The maximum atomic E-state index is 9.90. The molecule has 13 heavy (non-hydrogen) atoms. The summed E-state index contributed by atoms with van der Waals surface area (Å²) in [5.74, 6) is 1.20. The van der Waals surface area contributed by atoms with Crippen molar-refractivity contribution < 1.29 is 5.11 Å². The molecule has 2 fully saturated rings. The van der Waals surface area contributed by atoms with E-state index in [1.54, 1.807) is 0 Å². The Labute approximate surface area is 78.4 Å². The number of benzene rings is 1. The maximum absolute atomic E-state index is 9.90. The molecule has 0 aliphatic heterocycles. The van der Waals surface area contributed by atoms with Crippen LogP contribution in [0.25, 0.3) is 0 Å². The zero-order valence-electron chi connectivity index (χ0n) is 7.61. The molecular weight excluding hydrogens is 160 g/mol. The van der Waals surface area contributed by atoms with Crippen LogP contribution in [-0.4, -0.2) is 10.7 Å². The Morgan fingerprint density at radius 1 is 1.23 bits per heavy atom. The molecule has 3 rings (SSSR count). The van der Waals surface area contributed by atoms with Gasteiger partial charge in [-0.3, -0.25) is 0 Å². The summed E-state index contributed by atoms with van der Waals surface area (Å²) in [5, 5.41) is 9.90. The first-order valence-corrected chi connectivity index (χ1v) is 5.07. The van der Waals surface area contributed by atoms with E-state index < -0.39 is 0 Å². The summed E-state index contributed by atoms with van der Waals surface area (Å²) in [7, 11) is 0. The van der Waals surface area contributed by atoms with Gasteiger partial charge in [0.1, 0.15) is 0 Å². The van der Waals surface area contributed by atoms with Crippen molar-refractivity contribution in [3.8, 4) is 0 Å². The van der Waals surface area contributed by atoms with Crippen molar-refractivity contribution in [2.75, 3.05) is 0 Å². The van der Waals surface area contributed by atoms with Crippen LogP contribution >= 0.6 is 0 Å². The molecule has 2 saturated carbocycles. The lowest BCUT2D eigenvalue weighted by Gasteiger charge is -2.10. The Morgan fingerprint density at radius 2 is 2.00 bits per heavy atom. The molecule has 0 radical (unpaired) electrons. The molecule has 0 bridgehead atoms. The first-order valence-electron chi connectivity index (χ1n) is 5.07. The minimum atomic E-state index is -0.263. The summed E-state index contributed by atoms with van der Waals surface area (Å²) in [6, 6.07) is 10.6. The molecule has 1 aromatic rings. The molecule has 2 aliphatic carbocycles. The van der Waals surface area contributed by atoms with Crippen LogP contribution < -0.4 is 0 Å². The molecule has 1 heteroatoms. The molecule has 1 unspecified atom stereocenters. The second kappa shape index (κ2) is 2.36. The highest BCUT2D eigenvalue weighted by Gasteiger charge is 2.60. The topological polar surface area (TPSA) is 20.2 Å². The first-order chi connectivity index (χ1) is 6.30. The Kier molecular flexibility index (Phi) is 1.37. The first kappa shape index (κ1) is 7.57. The zero-order valence-corrected chi connectivity index (χ0v) is 7.61. The normalized spacial score (nSPS) is 41.6. The molecule has 0 spiro atoms. The number of aliphatic hydroxyl groups is 1. The predicted octanol–water partition coefficient (Wildman–Crippen LogP) is 2.32. The molecule has 0 aromatic heterocycles. The molecule has 0 amide bonds. The fraction of sp³-hybridized carbons (Fsp3) is 0.500. The van der Waals surface area contributed by atoms with E-state index in [0.29, 0.717) is 11.8 Å². The van der Waals surface area contributed by atoms with Gasteiger partial charge >= 0.3 is 0 Å². The van der Waals surface area contributed by atoms with Crippen molar-refractivity contribution in [3.05, 3.63) is 35.9 Å². The second-order valence-electron chi connectivity index (χ2n) is 4.47. The van der Waals surface area contributed by atoms with E-state index in [1.165, 1.54) is 12.0 Å². The molecule has 1 nitrogen and oxygen atoms in total. The van der Waals surface area contributed by atoms with E-state index in [9.17, 15) is 5.11 Å². The van der Waals surface area contributed by atoms with Gasteiger partial charge in [-0.1, -0.05) is 30.3 Å². The third kappa shape index (κ3) is 1.03. The molecule has 1 N–H and O–H groups in total. The van der Waals surface area contributed by atoms with Gasteiger partial charge in [-0.2, -0.15) is 0 Å². The Hall–Kier alpha value is -0.820. The van der Waals surface area contributed by atoms with Crippen LogP contribution in [0.15, 0.2) is 30.3 Å². The molecule has 2 aliphatic rings. The quantitative estimate of drug-likeness (QED) is 0.692. The summed E-state index contributed by atoms with van der Waals surface area (Å²) in [6.07, 6.45) is 3.22. The van der Waals surface area contributed by atoms with Gasteiger partial charge in [0, 0.05) is 0 Å². The fourth-order valence-electron chi connectivity index (χ4n) is 2.83. The van der Waals surface area contributed by atoms with E-state index in [1.807, 2.05) is 0 Å². The average molecular weight is 174 g/mol. The lowest BCUT2D eigenvalue weighted by Crippen LogP contribution is -2.03. The number of rotatable bonds is 1. The lowest BCUT2D eigenvalue weighted by molar-refractivity contribution is 0.142. The molecule has 3 atom stereocenters. The zero-order chi connectivity index (χ0) is 8.89. The highest BCUT2D eigenvalue weighted by molar-refractivity contribution is 5.28. The van der Waals surface area contributed by atoms with Gasteiger partial charge < -0.3 is 5.11 Å². The fourth-order valence-corrected chi connectivity index (χ4v) is 2.83. The van der Waals surface area contributed by atoms with E-state index in [-0.39, 0.29) is 5.60 Å². The summed E-state index contributed by atoms with van der Waals surface area (Å²) >= 11 is 0.